The molecule has 0 radical (unpaired) electrons. The van der Waals surface area contributed by atoms with Gasteiger partial charge in [-0.3, -0.25) is 4.79 Å². The summed E-state index contributed by atoms with van der Waals surface area (Å²) in [6.45, 7) is 0. The van der Waals surface area contributed by atoms with Gasteiger partial charge in [0.05, 0.1) is 13.5 Å². The SMILES string of the molecule is COC(=O)Cc1cc(C(F)F)ccc1OC(F)(F)F. The minimum Gasteiger partial charge on any atom is -0.469 e. The Morgan fingerprint density at radius 1 is 1.32 bits per heavy atom. The molecule has 1 aromatic carbocycles. The summed E-state index contributed by atoms with van der Waals surface area (Å²) in [6.07, 6.45) is -8.43. The predicted octanol–water partition coefficient (Wildman–Crippen LogP) is 3.24. The van der Waals surface area contributed by atoms with Gasteiger partial charge in [0.25, 0.3) is 6.43 Å². The summed E-state index contributed by atoms with van der Waals surface area (Å²) in [7, 11) is 1.03. The smallest absolute Gasteiger partial charge is 0.469 e. The van der Waals surface area contributed by atoms with Crippen LogP contribution in [0.15, 0.2) is 18.2 Å². The molecular formula is C11H9F5O3. The number of hydrogen-bond acceptors (Lipinski definition) is 3. The van der Waals surface area contributed by atoms with Crippen molar-refractivity contribution < 1.29 is 36.2 Å². The van der Waals surface area contributed by atoms with Crippen LogP contribution in [0.2, 0.25) is 0 Å². The molecule has 0 fully saturated rings. The Morgan fingerprint density at radius 3 is 2.42 bits per heavy atom. The summed E-state index contributed by atoms with van der Waals surface area (Å²) in [5.41, 5.74) is -0.824. The molecule has 8 heteroatoms. The molecular weight excluding hydrogens is 275 g/mol. The first-order valence-corrected chi connectivity index (χ1v) is 4.96. The number of ether oxygens (including phenoxy) is 2. The number of halogens is 5. The van der Waals surface area contributed by atoms with Gasteiger partial charge in [-0.25, -0.2) is 8.78 Å². The van der Waals surface area contributed by atoms with Crippen molar-refractivity contribution in [2.75, 3.05) is 7.11 Å². The van der Waals surface area contributed by atoms with E-state index in [4.69, 9.17) is 0 Å². The van der Waals surface area contributed by atoms with Gasteiger partial charge in [-0.1, -0.05) is 0 Å². The Kier molecular flexibility index (Phi) is 4.68. The fraction of sp³-hybridized carbons (Fsp3) is 0.364. The van der Waals surface area contributed by atoms with Gasteiger partial charge in [0.15, 0.2) is 0 Å². The third kappa shape index (κ3) is 4.72. The Labute approximate surface area is 104 Å². The molecule has 0 aromatic heterocycles. The Bertz CT molecular complexity index is 456. The molecule has 0 aliphatic heterocycles. The Morgan fingerprint density at radius 2 is 1.95 bits per heavy atom. The quantitative estimate of drug-likeness (QED) is 0.629. The molecule has 0 saturated carbocycles. The van der Waals surface area contributed by atoms with Crippen LogP contribution in [0, 0.1) is 0 Å². The molecule has 0 bridgehead atoms. The fourth-order valence-electron chi connectivity index (χ4n) is 1.33. The molecule has 0 aliphatic carbocycles. The van der Waals surface area contributed by atoms with Crippen molar-refractivity contribution in [3.05, 3.63) is 29.3 Å². The molecule has 106 valence electrons. The topological polar surface area (TPSA) is 35.5 Å². The van der Waals surface area contributed by atoms with E-state index >= 15 is 0 Å². The van der Waals surface area contributed by atoms with Gasteiger partial charge in [-0.05, 0) is 18.2 Å². The molecule has 1 aromatic rings. The van der Waals surface area contributed by atoms with Crippen LogP contribution in [0.25, 0.3) is 0 Å². The summed E-state index contributed by atoms with van der Waals surface area (Å²) >= 11 is 0. The van der Waals surface area contributed by atoms with Crippen molar-refractivity contribution in [3.63, 3.8) is 0 Å². The number of carbonyl (C=O) groups is 1. The van der Waals surface area contributed by atoms with E-state index in [-0.39, 0.29) is 5.56 Å². The summed E-state index contributed by atoms with van der Waals surface area (Å²) in [6, 6.07) is 2.32. The lowest BCUT2D eigenvalue weighted by molar-refractivity contribution is -0.274. The van der Waals surface area contributed by atoms with Crippen molar-refractivity contribution in [1.29, 1.82) is 0 Å². The number of rotatable bonds is 4. The molecule has 0 aliphatic rings. The van der Waals surface area contributed by atoms with Gasteiger partial charge in [0.2, 0.25) is 0 Å². The molecule has 19 heavy (non-hydrogen) atoms. The molecule has 0 heterocycles. The summed E-state index contributed by atoms with van der Waals surface area (Å²) in [5, 5.41) is 0. The molecule has 0 N–H and O–H groups in total. The van der Waals surface area contributed by atoms with Crippen LogP contribution in [0.1, 0.15) is 17.6 Å². The monoisotopic (exact) mass is 284 g/mol. The lowest BCUT2D eigenvalue weighted by atomic mass is 10.1. The number of carbonyl (C=O) groups excluding carboxylic acids is 1. The number of alkyl halides is 5. The zero-order valence-corrected chi connectivity index (χ0v) is 9.63. The third-order valence-electron chi connectivity index (χ3n) is 2.12. The van der Waals surface area contributed by atoms with Crippen LogP contribution < -0.4 is 4.74 Å². The molecule has 0 atom stereocenters. The van der Waals surface area contributed by atoms with Gasteiger partial charge >= 0.3 is 12.3 Å². The first-order chi connectivity index (χ1) is 8.73. The maximum Gasteiger partial charge on any atom is 0.573 e. The standard InChI is InChI=1S/C11H9F5O3/c1-18-9(17)5-7-4-6(10(12)13)2-3-8(7)19-11(14,15)16/h2-4,10H,5H2,1H3. The van der Waals surface area contributed by atoms with Crippen molar-refractivity contribution in [3.8, 4) is 5.75 Å². The van der Waals surface area contributed by atoms with E-state index in [0.29, 0.717) is 0 Å². The molecule has 0 amide bonds. The second-order valence-electron chi connectivity index (χ2n) is 3.47. The minimum atomic E-state index is -4.97. The van der Waals surface area contributed by atoms with Crippen molar-refractivity contribution in [1.82, 2.24) is 0 Å². The van der Waals surface area contributed by atoms with E-state index in [0.717, 1.165) is 25.3 Å². The lowest BCUT2D eigenvalue weighted by Crippen LogP contribution is -2.19. The highest BCUT2D eigenvalue weighted by Gasteiger charge is 2.32. The molecule has 1 rings (SSSR count). The van der Waals surface area contributed by atoms with Crippen LogP contribution in [0.4, 0.5) is 22.0 Å². The number of hydrogen-bond donors (Lipinski definition) is 0. The Hall–Kier alpha value is -1.86. The number of methoxy groups -OCH3 is 1. The highest BCUT2D eigenvalue weighted by molar-refractivity contribution is 5.73. The van der Waals surface area contributed by atoms with Gasteiger partial charge in [-0.2, -0.15) is 0 Å². The van der Waals surface area contributed by atoms with Crippen LogP contribution in [-0.2, 0) is 16.0 Å². The maximum absolute atomic E-state index is 12.5. The third-order valence-corrected chi connectivity index (χ3v) is 2.12. The molecule has 0 unspecified atom stereocenters. The second kappa shape index (κ2) is 5.85. The number of benzene rings is 1. The highest BCUT2D eigenvalue weighted by Crippen LogP contribution is 2.30. The van der Waals surface area contributed by atoms with Crippen LogP contribution in [0.3, 0.4) is 0 Å². The molecule has 0 spiro atoms. The largest absolute Gasteiger partial charge is 0.573 e. The zero-order valence-electron chi connectivity index (χ0n) is 9.63. The fourth-order valence-corrected chi connectivity index (χ4v) is 1.33. The van der Waals surface area contributed by atoms with Gasteiger partial charge in [-0.15, -0.1) is 13.2 Å². The Balaban J connectivity index is 3.11. The summed E-state index contributed by atoms with van der Waals surface area (Å²) < 4.78 is 69.2. The highest BCUT2D eigenvalue weighted by atomic mass is 19.4. The first-order valence-electron chi connectivity index (χ1n) is 4.96. The number of esters is 1. The van der Waals surface area contributed by atoms with Crippen molar-refractivity contribution >= 4 is 5.97 Å². The molecule has 3 nitrogen and oxygen atoms in total. The van der Waals surface area contributed by atoms with E-state index in [1.165, 1.54) is 0 Å². The average Bonchev–Trinajstić information content (AvgIpc) is 2.29. The zero-order chi connectivity index (χ0) is 14.6. The van der Waals surface area contributed by atoms with E-state index in [1.54, 1.807) is 0 Å². The van der Waals surface area contributed by atoms with Gasteiger partial charge in [0, 0.05) is 11.1 Å². The van der Waals surface area contributed by atoms with Crippen molar-refractivity contribution in [2.45, 2.75) is 19.2 Å². The second-order valence-corrected chi connectivity index (χ2v) is 3.47. The van der Waals surface area contributed by atoms with Crippen LogP contribution in [-0.4, -0.2) is 19.4 Å². The summed E-state index contributed by atoms with van der Waals surface area (Å²) in [5.74, 6) is -1.57. The maximum atomic E-state index is 12.5. The predicted molar refractivity (Wildman–Crippen MR) is 53.8 cm³/mol. The van der Waals surface area contributed by atoms with E-state index in [1.807, 2.05) is 0 Å². The molecule has 0 saturated heterocycles. The van der Waals surface area contributed by atoms with E-state index in [2.05, 4.69) is 9.47 Å². The van der Waals surface area contributed by atoms with E-state index in [9.17, 15) is 26.7 Å². The first kappa shape index (κ1) is 15.2. The average molecular weight is 284 g/mol. The van der Waals surface area contributed by atoms with E-state index < -0.39 is 36.5 Å². The van der Waals surface area contributed by atoms with Crippen LogP contribution in [0.5, 0.6) is 5.75 Å². The normalized spacial score (nSPS) is 11.5. The summed E-state index contributed by atoms with van der Waals surface area (Å²) in [4.78, 5) is 11.0. The van der Waals surface area contributed by atoms with Gasteiger partial charge in [0.1, 0.15) is 5.75 Å². The lowest BCUT2D eigenvalue weighted by Gasteiger charge is -2.14. The van der Waals surface area contributed by atoms with Gasteiger partial charge < -0.3 is 9.47 Å². The van der Waals surface area contributed by atoms with Crippen molar-refractivity contribution in [2.24, 2.45) is 0 Å². The minimum absolute atomic E-state index is 0.318. The van der Waals surface area contributed by atoms with Crippen LogP contribution >= 0.6 is 0 Å².